The molecule has 0 radical (unpaired) electrons. The number of aliphatic hydroxyl groups is 1. The minimum absolute atomic E-state index is 0.0560. The van der Waals surface area contributed by atoms with E-state index in [4.69, 9.17) is 4.74 Å². The van der Waals surface area contributed by atoms with Crippen LogP contribution >= 0.6 is 11.8 Å². The number of rotatable bonds is 4. The van der Waals surface area contributed by atoms with Gasteiger partial charge in [-0.2, -0.15) is 11.8 Å². The minimum Gasteiger partial charge on any atom is -0.485 e. The highest BCUT2D eigenvalue weighted by Crippen LogP contribution is 2.32. The van der Waals surface area contributed by atoms with Crippen molar-refractivity contribution in [1.82, 2.24) is 9.88 Å². The zero-order chi connectivity index (χ0) is 16.4. The predicted molar refractivity (Wildman–Crippen MR) is 91.1 cm³/mol. The van der Waals surface area contributed by atoms with Crippen LogP contribution in [0.1, 0.15) is 12.8 Å². The van der Waals surface area contributed by atoms with E-state index in [0.29, 0.717) is 25.3 Å². The molecule has 3 rings (SSSR count). The van der Waals surface area contributed by atoms with Gasteiger partial charge in [0, 0.05) is 39.0 Å². The second-order valence-electron chi connectivity index (χ2n) is 6.33. The van der Waals surface area contributed by atoms with Gasteiger partial charge in [0.15, 0.2) is 17.2 Å². The lowest BCUT2D eigenvalue weighted by Gasteiger charge is -2.27. The van der Waals surface area contributed by atoms with Gasteiger partial charge in [0.2, 0.25) is 0 Å². The second kappa shape index (κ2) is 6.57. The van der Waals surface area contributed by atoms with E-state index in [-0.39, 0.29) is 12.0 Å². The third kappa shape index (κ3) is 3.40. The molecular weight excluding hydrogens is 314 g/mol. The molecule has 0 saturated carbocycles. The molecule has 23 heavy (non-hydrogen) atoms. The summed E-state index contributed by atoms with van der Waals surface area (Å²) in [6.45, 7) is 1.15. The Labute approximate surface area is 140 Å². The fourth-order valence-corrected chi connectivity index (χ4v) is 4.25. The van der Waals surface area contributed by atoms with Crippen molar-refractivity contribution in [2.24, 2.45) is 0 Å². The molecule has 0 aliphatic carbocycles. The number of thioether (sulfide) groups is 1. The lowest BCUT2D eigenvalue weighted by Crippen LogP contribution is -2.48. The summed E-state index contributed by atoms with van der Waals surface area (Å²) in [5.41, 5.74) is -1.18. The Balaban J connectivity index is 1.63. The van der Waals surface area contributed by atoms with Gasteiger partial charge < -0.3 is 19.6 Å². The first-order chi connectivity index (χ1) is 11.0. The molecule has 3 heterocycles. The van der Waals surface area contributed by atoms with E-state index in [1.807, 2.05) is 31.1 Å². The first-order valence-electron chi connectivity index (χ1n) is 7.88. The molecule has 6 nitrogen and oxygen atoms in total. The normalized spacial score (nSPS) is 27.3. The number of carbonyl (C=O) groups is 1. The van der Waals surface area contributed by atoms with Gasteiger partial charge in [-0.1, -0.05) is 0 Å². The summed E-state index contributed by atoms with van der Waals surface area (Å²) in [5.74, 6) is 2.71. The lowest BCUT2D eigenvalue weighted by molar-refractivity contribution is -0.147. The molecule has 1 amide bonds. The van der Waals surface area contributed by atoms with Crippen molar-refractivity contribution in [3.05, 3.63) is 18.3 Å². The van der Waals surface area contributed by atoms with E-state index < -0.39 is 5.60 Å². The van der Waals surface area contributed by atoms with Crippen molar-refractivity contribution in [2.75, 3.05) is 43.6 Å². The zero-order valence-electron chi connectivity index (χ0n) is 13.6. The van der Waals surface area contributed by atoms with Gasteiger partial charge in [0.25, 0.3) is 5.91 Å². The molecule has 0 unspecified atom stereocenters. The lowest BCUT2D eigenvalue weighted by atomic mass is 10.0. The van der Waals surface area contributed by atoms with Gasteiger partial charge in [0.05, 0.1) is 6.54 Å². The third-order valence-electron chi connectivity index (χ3n) is 4.30. The van der Waals surface area contributed by atoms with Crippen LogP contribution in [-0.4, -0.2) is 71.3 Å². The number of hydrogen-bond donors (Lipinski definition) is 1. The maximum absolute atomic E-state index is 12.5. The van der Waals surface area contributed by atoms with Crippen molar-refractivity contribution in [3.8, 4) is 5.75 Å². The number of pyridine rings is 1. The maximum Gasteiger partial charge on any atom is 0.255 e. The zero-order valence-corrected chi connectivity index (χ0v) is 14.4. The van der Waals surface area contributed by atoms with Crippen LogP contribution in [0.4, 0.5) is 5.82 Å². The summed E-state index contributed by atoms with van der Waals surface area (Å²) in [6.07, 6.45) is 3.00. The smallest absolute Gasteiger partial charge is 0.255 e. The van der Waals surface area contributed by atoms with Crippen molar-refractivity contribution in [2.45, 2.75) is 24.5 Å². The highest BCUT2D eigenvalue weighted by molar-refractivity contribution is 7.99. The van der Waals surface area contributed by atoms with Crippen LogP contribution in [0.25, 0.3) is 0 Å². The van der Waals surface area contributed by atoms with Crippen LogP contribution in [0.15, 0.2) is 18.3 Å². The summed E-state index contributed by atoms with van der Waals surface area (Å²) in [5, 5.41) is 10.4. The molecule has 2 aliphatic rings. The summed E-state index contributed by atoms with van der Waals surface area (Å²) < 4.78 is 6.06. The van der Waals surface area contributed by atoms with Gasteiger partial charge >= 0.3 is 0 Å². The van der Waals surface area contributed by atoms with Crippen LogP contribution in [0.2, 0.25) is 0 Å². The SMILES string of the molecule is CN(C)c1ncccc1O[C@H]1CCN(C(=O)[C@]2(O)CCSC2)C1. The van der Waals surface area contributed by atoms with Gasteiger partial charge in [-0.05, 0) is 24.3 Å². The Kier molecular flexibility index (Phi) is 4.68. The van der Waals surface area contributed by atoms with Gasteiger partial charge in [-0.15, -0.1) is 0 Å². The third-order valence-corrected chi connectivity index (χ3v) is 5.47. The molecular formula is C16H23N3O3S. The summed E-state index contributed by atoms with van der Waals surface area (Å²) >= 11 is 1.63. The Morgan fingerprint density at radius 3 is 3.09 bits per heavy atom. The number of hydrogen-bond acceptors (Lipinski definition) is 6. The Hall–Kier alpha value is -1.47. The molecule has 0 aromatic carbocycles. The van der Waals surface area contributed by atoms with E-state index in [0.717, 1.165) is 23.7 Å². The summed E-state index contributed by atoms with van der Waals surface area (Å²) in [6, 6.07) is 3.74. The van der Waals surface area contributed by atoms with Gasteiger partial charge in [-0.3, -0.25) is 4.79 Å². The molecule has 1 aromatic rings. The van der Waals surface area contributed by atoms with Crippen molar-refractivity contribution >= 4 is 23.5 Å². The monoisotopic (exact) mass is 337 g/mol. The van der Waals surface area contributed by atoms with Crippen LogP contribution in [0.3, 0.4) is 0 Å². The fraction of sp³-hybridized carbons (Fsp3) is 0.625. The molecule has 2 saturated heterocycles. The topological polar surface area (TPSA) is 65.9 Å². The second-order valence-corrected chi connectivity index (χ2v) is 7.44. The van der Waals surface area contributed by atoms with E-state index in [2.05, 4.69) is 4.98 Å². The van der Waals surface area contributed by atoms with Crippen LogP contribution in [0.5, 0.6) is 5.75 Å². The highest BCUT2D eigenvalue weighted by atomic mass is 32.2. The largest absolute Gasteiger partial charge is 0.485 e. The molecule has 7 heteroatoms. The van der Waals surface area contributed by atoms with Crippen LogP contribution in [0, 0.1) is 0 Å². The highest BCUT2D eigenvalue weighted by Gasteiger charge is 2.44. The quantitative estimate of drug-likeness (QED) is 0.884. The standard InChI is InChI=1S/C16H23N3O3S/c1-18(2)14-13(4-3-7-17-14)22-12-5-8-19(10-12)15(20)16(21)6-9-23-11-16/h3-4,7,12,21H,5-6,8-11H2,1-2H3/t12-,16-/m0/s1. The van der Waals surface area contributed by atoms with E-state index in [9.17, 15) is 9.90 Å². The molecule has 0 spiro atoms. The molecule has 0 bridgehead atoms. The molecule has 1 N–H and O–H groups in total. The van der Waals surface area contributed by atoms with E-state index in [1.54, 1.807) is 22.9 Å². The van der Waals surface area contributed by atoms with Crippen molar-refractivity contribution in [3.63, 3.8) is 0 Å². The molecule has 2 atom stereocenters. The number of carbonyl (C=O) groups excluding carboxylic acids is 1. The fourth-order valence-electron chi connectivity index (χ4n) is 3.02. The van der Waals surface area contributed by atoms with Crippen molar-refractivity contribution < 1.29 is 14.6 Å². The number of anilines is 1. The van der Waals surface area contributed by atoms with E-state index >= 15 is 0 Å². The number of likely N-dealkylation sites (tertiary alicyclic amines) is 1. The molecule has 2 aliphatic heterocycles. The number of amides is 1. The van der Waals surface area contributed by atoms with Crippen molar-refractivity contribution in [1.29, 1.82) is 0 Å². The minimum atomic E-state index is -1.18. The average molecular weight is 337 g/mol. The predicted octanol–water partition coefficient (Wildman–Crippen LogP) is 0.995. The number of nitrogens with zero attached hydrogens (tertiary/aromatic N) is 3. The van der Waals surface area contributed by atoms with Gasteiger partial charge in [-0.25, -0.2) is 4.98 Å². The Morgan fingerprint density at radius 2 is 2.39 bits per heavy atom. The first-order valence-corrected chi connectivity index (χ1v) is 9.03. The van der Waals surface area contributed by atoms with E-state index in [1.165, 1.54) is 0 Å². The van der Waals surface area contributed by atoms with Gasteiger partial charge in [0.1, 0.15) is 6.10 Å². The molecule has 1 aromatic heterocycles. The maximum atomic E-state index is 12.5. The Bertz CT molecular complexity index is 575. The first kappa shape index (κ1) is 16.4. The summed E-state index contributed by atoms with van der Waals surface area (Å²) in [4.78, 5) is 20.5. The number of ether oxygens (including phenoxy) is 1. The average Bonchev–Trinajstić information content (AvgIpc) is 3.17. The van der Waals surface area contributed by atoms with Crippen LogP contribution < -0.4 is 9.64 Å². The molecule has 2 fully saturated rings. The van der Waals surface area contributed by atoms with Crippen LogP contribution in [-0.2, 0) is 4.79 Å². The number of aromatic nitrogens is 1. The summed E-state index contributed by atoms with van der Waals surface area (Å²) in [7, 11) is 3.85. The Morgan fingerprint density at radius 1 is 1.57 bits per heavy atom. The molecule has 126 valence electrons.